The van der Waals surface area contributed by atoms with Gasteiger partial charge >= 0.3 is 5.97 Å². The predicted octanol–water partition coefficient (Wildman–Crippen LogP) is 1.73. The van der Waals surface area contributed by atoms with Gasteiger partial charge in [0.1, 0.15) is 6.42 Å². The van der Waals surface area contributed by atoms with Crippen molar-refractivity contribution in [3.05, 3.63) is 0 Å². The van der Waals surface area contributed by atoms with E-state index in [2.05, 4.69) is 0 Å². The van der Waals surface area contributed by atoms with Crippen LogP contribution in [0.5, 0.6) is 0 Å². The number of rotatable bonds is 4. The predicted molar refractivity (Wildman–Crippen MR) is 60.9 cm³/mol. The van der Waals surface area contributed by atoms with E-state index in [1.807, 2.05) is 0 Å². The average Bonchev–Trinajstić information content (AvgIpc) is 2.29. The molecule has 1 aliphatic carbocycles. The minimum Gasteiger partial charge on any atom is -0.466 e. The van der Waals surface area contributed by atoms with Crippen molar-refractivity contribution in [2.45, 2.75) is 51.5 Å². The van der Waals surface area contributed by atoms with Gasteiger partial charge < -0.3 is 9.64 Å². The summed E-state index contributed by atoms with van der Waals surface area (Å²) < 4.78 is 4.76. The summed E-state index contributed by atoms with van der Waals surface area (Å²) in [6, 6.07) is 0.315. The highest BCUT2D eigenvalue weighted by atomic mass is 16.5. The maximum absolute atomic E-state index is 11.8. The van der Waals surface area contributed by atoms with Crippen LogP contribution in [0.1, 0.15) is 45.4 Å². The molecule has 0 bridgehead atoms. The van der Waals surface area contributed by atoms with E-state index in [0.29, 0.717) is 12.6 Å². The fraction of sp³-hybridized carbons (Fsp3) is 0.833. The maximum Gasteiger partial charge on any atom is 0.315 e. The summed E-state index contributed by atoms with van der Waals surface area (Å²) >= 11 is 0. The molecule has 0 unspecified atom stereocenters. The van der Waals surface area contributed by atoms with Gasteiger partial charge in [0.2, 0.25) is 5.91 Å². The second-order valence-corrected chi connectivity index (χ2v) is 4.28. The van der Waals surface area contributed by atoms with E-state index >= 15 is 0 Å². The molecule has 1 aliphatic rings. The lowest BCUT2D eigenvalue weighted by Gasteiger charge is -2.31. The molecule has 1 rings (SSSR count). The maximum atomic E-state index is 11.8. The Hall–Kier alpha value is -1.06. The van der Waals surface area contributed by atoms with Gasteiger partial charge in [0, 0.05) is 13.1 Å². The van der Waals surface area contributed by atoms with Crippen molar-refractivity contribution in [3.63, 3.8) is 0 Å². The Bertz CT molecular complexity index is 247. The molecule has 0 radical (unpaired) electrons. The Morgan fingerprint density at radius 3 is 2.44 bits per heavy atom. The Labute approximate surface area is 96.9 Å². The average molecular weight is 227 g/mol. The fourth-order valence-corrected chi connectivity index (χ4v) is 2.13. The number of hydrogen-bond acceptors (Lipinski definition) is 3. The summed E-state index contributed by atoms with van der Waals surface area (Å²) in [5.74, 6) is -0.541. The van der Waals surface area contributed by atoms with E-state index in [1.54, 1.807) is 18.9 Å². The topological polar surface area (TPSA) is 46.6 Å². The first-order valence-electron chi connectivity index (χ1n) is 6.06. The summed E-state index contributed by atoms with van der Waals surface area (Å²) in [6.07, 6.45) is 5.62. The molecule has 92 valence electrons. The fourth-order valence-electron chi connectivity index (χ4n) is 2.13. The zero-order valence-corrected chi connectivity index (χ0v) is 10.2. The van der Waals surface area contributed by atoms with Crippen LogP contribution >= 0.6 is 0 Å². The zero-order chi connectivity index (χ0) is 12.0. The van der Waals surface area contributed by atoms with Crippen molar-refractivity contribution in [2.24, 2.45) is 0 Å². The van der Waals surface area contributed by atoms with Gasteiger partial charge in [-0.25, -0.2) is 0 Å². The van der Waals surface area contributed by atoms with Crippen molar-refractivity contribution in [1.82, 2.24) is 4.90 Å². The lowest BCUT2D eigenvalue weighted by Crippen LogP contribution is -2.39. The molecule has 0 aromatic heterocycles. The third-order valence-corrected chi connectivity index (χ3v) is 3.12. The first-order valence-corrected chi connectivity index (χ1v) is 6.06. The molecule has 4 nitrogen and oxygen atoms in total. The van der Waals surface area contributed by atoms with Crippen LogP contribution in [-0.2, 0) is 14.3 Å². The monoisotopic (exact) mass is 227 g/mol. The Morgan fingerprint density at radius 1 is 1.25 bits per heavy atom. The first-order chi connectivity index (χ1) is 7.65. The van der Waals surface area contributed by atoms with Crippen LogP contribution in [0.25, 0.3) is 0 Å². The molecule has 1 amide bonds. The van der Waals surface area contributed by atoms with E-state index < -0.39 is 5.97 Å². The Morgan fingerprint density at radius 2 is 1.88 bits per heavy atom. The van der Waals surface area contributed by atoms with Gasteiger partial charge in [-0.2, -0.15) is 0 Å². The lowest BCUT2D eigenvalue weighted by atomic mass is 9.94. The van der Waals surface area contributed by atoms with E-state index in [-0.39, 0.29) is 12.3 Å². The third kappa shape index (κ3) is 3.83. The van der Waals surface area contributed by atoms with E-state index in [9.17, 15) is 9.59 Å². The molecule has 0 N–H and O–H groups in total. The molecule has 4 heteroatoms. The molecule has 0 heterocycles. The van der Waals surface area contributed by atoms with Crippen LogP contribution in [0.2, 0.25) is 0 Å². The van der Waals surface area contributed by atoms with Crippen molar-refractivity contribution in [1.29, 1.82) is 0 Å². The molecule has 0 atom stereocenters. The smallest absolute Gasteiger partial charge is 0.315 e. The first kappa shape index (κ1) is 13.0. The van der Waals surface area contributed by atoms with Gasteiger partial charge in [-0.1, -0.05) is 19.3 Å². The lowest BCUT2D eigenvalue weighted by molar-refractivity contribution is -0.149. The van der Waals surface area contributed by atoms with Crippen LogP contribution in [0.4, 0.5) is 0 Å². The minimum atomic E-state index is -0.421. The van der Waals surface area contributed by atoms with Gasteiger partial charge in [-0.3, -0.25) is 9.59 Å². The second kappa shape index (κ2) is 6.51. The van der Waals surface area contributed by atoms with E-state index in [4.69, 9.17) is 4.74 Å². The normalized spacial score (nSPS) is 16.9. The van der Waals surface area contributed by atoms with Crippen molar-refractivity contribution in [2.75, 3.05) is 13.7 Å². The standard InChI is InChI=1S/C12H21NO3/c1-3-16-12(15)9-11(14)13(2)10-7-5-4-6-8-10/h10H,3-9H2,1-2H3. The molecule has 0 saturated heterocycles. The number of hydrogen-bond donors (Lipinski definition) is 0. The second-order valence-electron chi connectivity index (χ2n) is 4.28. The molecule has 0 spiro atoms. The zero-order valence-electron chi connectivity index (χ0n) is 10.2. The van der Waals surface area contributed by atoms with Gasteiger partial charge in [0.25, 0.3) is 0 Å². The number of carbonyl (C=O) groups excluding carboxylic acids is 2. The van der Waals surface area contributed by atoms with Crippen LogP contribution in [0.3, 0.4) is 0 Å². The number of ether oxygens (including phenoxy) is 1. The van der Waals surface area contributed by atoms with E-state index in [1.165, 1.54) is 19.3 Å². The molecule has 0 aromatic carbocycles. The summed E-state index contributed by atoms with van der Waals surface area (Å²) in [5.41, 5.74) is 0. The van der Waals surface area contributed by atoms with E-state index in [0.717, 1.165) is 12.8 Å². The van der Waals surface area contributed by atoms with Crippen LogP contribution in [0, 0.1) is 0 Å². The summed E-state index contributed by atoms with van der Waals surface area (Å²) in [5, 5.41) is 0. The highest BCUT2D eigenvalue weighted by molar-refractivity contribution is 5.94. The summed E-state index contributed by atoms with van der Waals surface area (Å²) in [7, 11) is 1.79. The molecule has 0 aliphatic heterocycles. The molecule has 1 saturated carbocycles. The number of carbonyl (C=O) groups is 2. The van der Waals surface area contributed by atoms with Crippen LogP contribution in [0.15, 0.2) is 0 Å². The Kier molecular flexibility index (Phi) is 5.29. The Balaban J connectivity index is 2.37. The largest absolute Gasteiger partial charge is 0.466 e. The van der Waals surface area contributed by atoms with Crippen molar-refractivity contribution in [3.8, 4) is 0 Å². The number of esters is 1. The van der Waals surface area contributed by atoms with Gasteiger partial charge in [-0.05, 0) is 19.8 Å². The number of nitrogens with zero attached hydrogens (tertiary/aromatic N) is 1. The molecule has 16 heavy (non-hydrogen) atoms. The van der Waals surface area contributed by atoms with Gasteiger partial charge in [0.15, 0.2) is 0 Å². The molecule has 0 aromatic rings. The van der Waals surface area contributed by atoms with Crippen LogP contribution < -0.4 is 0 Å². The highest BCUT2D eigenvalue weighted by Crippen LogP contribution is 2.21. The third-order valence-electron chi connectivity index (χ3n) is 3.12. The quantitative estimate of drug-likeness (QED) is 0.543. The summed E-state index contributed by atoms with van der Waals surface area (Å²) in [4.78, 5) is 24.6. The molecular formula is C12H21NO3. The number of amides is 1. The minimum absolute atomic E-state index is 0.120. The molecule has 1 fully saturated rings. The van der Waals surface area contributed by atoms with Crippen molar-refractivity contribution >= 4 is 11.9 Å². The van der Waals surface area contributed by atoms with Gasteiger partial charge in [0.05, 0.1) is 6.61 Å². The highest BCUT2D eigenvalue weighted by Gasteiger charge is 2.23. The van der Waals surface area contributed by atoms with Crippen LogP contribution in [-0.4, -0.2) is 36.5 Å². The van der Waals surface area contributed by atoms with Crippen molar-refractivity contribution < 1.29 is 14.3 Å². The van der Waals surface area contributed by atoms with Gasteiger partial charge in [-0.15, -0.1) is 0 Å². The molecular weight excluding hydrogens is 206 g/mol. The summed E-state index contributed by atoms with van der Waals surface area (Å²) in [6.45, 7) is 2.08. The SMILES string of the molecule is CCOC(=O)CC(=O)N(C)C1CCCCC1.